The van der Waals surface area contributed by atoms with Crippen LogP contribution in [0.4, 0.5) is 0 Å². The van der Waals surface area contributed by atoms with E-state index in [2.05, 4.69) is 17.0 Å². The number of hydrogen-bond donors (Lipinski definition) is 1. The molecule has 1 rings (SSSR count). The fourth-order valence-electron chi connectivity index (χ4n) is 1.69. The van der Waals surface area contributed by atoms with E-state index in [0.29, 0.717) is 18.4 Å². The number of carbonyl (C=O) groups is 1. The zero-order chi connectivity index (χ0) is 8.97. The molecule has 1 aliphatic rings. The number of nitrogens with one attached hydrogen (secondary N) is 1. The normalized spacial score (nSPS) is 25.3. The molecular formula is C9H17NO2. The third kappa shape index (κ3) is 2.48. The zero-order valence-corrected chi connectivity index (χ0v) is 7.80. The third-order valence-corrected chi connectivity index (χ3v) is 2.50. The Morgan fingerprint density at radius 2 is 2.50 bits per heavy atom. The lowest BCUT2D eigenvalue weighted by Gasteiger charge is -2.17. The van der Waals surface area contributed by atoms with Gasteiger partial charge in [-0.3, -0.25) is 4.79 Å². The smallest absolute Gasteiger partial charge is 0.305 e. The van der Waals surface area contributed by atoms with Gasteiger partial charge in [0.15, 0.2) is 0 Å². The van der Waals surface area contributed by atoms with E-state index in [0.717, 1.165) is 6.54 Å². The predicted octanol–water partition coefficient (Wildman–Crippen LogP) is 0.938. The fourth-order valence-corrected chi connectivity index (χ4v) is 1.69. The quantitative estimate of drug-likeness (QED) is 0.642. The summed E-state index contributed by atoms with van der Waals surface area (Å²) >= 11 is 0. The van der Waals surface area contributed by atoms with E-state index < -0.39 is 0 Å². The molecule has 1 saturated heterocycles. The van der Waals surface area contributed by atoms with Crippen molar-refractivity contribution >= 4 is 5.97 Å². The molecule has 0 amide bonds. The van der Waals surface area contributed by atoms with Crippen LogP contribution >= 0.6 is 0 Å². The Bertz CT molecular complexity index is 153. The van der Waals surface area contributed by atoms with E-state index >= 15 is 0 Å². The molecule has 70 valence electrons. The minimum absolute atomic E-state index is 0.101. The topological polar surface area (TPSA) is 38.3 Å². The Labute approximate surface area is 73.5 Å². The van der Waals surface area contributed by atoms with Crippen molar-refractivity contribution < 1.29 is 9.53 Å². The van der Waals surface area contributed by atoms with Crippen molar-refractivity contribution in [3.05, 3.63) is 0 Å². The van der Waals surface area contributed by atoms with E-state index in [1.807, 2.05) is 0 Å². The van der Waals surface area contributed by atoms with E-state index in [9.17, 15) is 4.79 Å². The van der Waals surface area contributed by atoms with Crippen LogP contribution in [-0.4, -0.2) is 25.7 Å². The van der Waals surface area contributed by atoms with Gasteiger partial charge in [0.2, 0.25) is 0 Å². The Kier molecular flexibility index (Phi) is 3.53. The lowest BCUT2D eigenvalue weighted by Crippen LogP contribution is -2.30. The highest BCUT2D eigenvalue weighted by molar-refractivity contribution is 5.69. The number of rotatable bonds is 3. The summed E-state index contributed by atoms with van der Waals surface area (Å²) in [5.41, 5.74) is 0. The van der Waals surface area contributed by atoms with Crippen molar-refractivity contribution in [3.63, 3.8) is 0 Å². The predicted molar refractivity (Wildman–Crippen MR) is 46.8 cm³/mol. The number of ether oxygens (including phenoxy) is 1. The zero-order valence-electron chi connectivity index (χ0n) is 7.80. The average Bonchev–Trinajstić information content (AvgIpc) is 2.56. The number of methoxy groups -OCH3 is 1. The molecule has 12 heavy (non-hydrogen) atoms. The average molecular weight is 171 g/mol. The maximum absolute atomic E-state index is 10.9. The molecular weight excluding hydrogens is 154 g/mol. The summed E-state index contributed by atoms with van der Waals surface area (Å²) in [5, 5.41) is 3.38. The summed E-state index contributed by atoms with van der Waals surface area (Å²) < 4.78 is 4.61. The van der Waals surface area contributed by atoms with Crippen LogP contribution in [0.25, 0.3) is 0 Å². The van der Waals surface area contributed by atoms with Gasteiger partial charge in [-0.25, -0.2) is 0 Å². The first-order valence-electron chi connectivity index (χ1n) is 4.54. The molecule has 3 nitrogen and oxygen atoms in total. The minimum Gasteiger partial charge on any atom is -0.469 e. The lowest BCUT2D eigenvalue weighted by atomic mass is 9.97. The van der Waals surface area contributed by atoms with E-state index in [1.165, 1.54) is 20.0 Å². The molecule has 0 aliphatic carbocycles. The molecule has 2 atom stereocenters. The standard InChI is InChI=1S/C9H17NO2/c1-7(6-9(11)12-2)8-4-3-5-10-8/h7-8,10H,3-6H2,1-2H3/t7?,8-/m0/s1. The maximum Gasteiger partial charge on any atom is 0.305 e. The van der Waals surface area contributed by atoms with Gasteiger partial charge in [-0.15, -0.1) is 0 Å². The highest BCUT2D eigenvalue weighted by Gasteiger charge is 2.22. The van der Waals surface area contributed by atoms with Gasteiger partial charge in [-0.2, -0.15) is 0 Å². The molecule has 0 bridgehead atoms. The van der Waals surface area contributed by atoms with Crippen LogP contribution in [-0.2, 0) is 9.53 Å². The van der Waals surface area contributed by atoms with Crippen molar-refractivity contribution in [2.75, 3.05) is 13.7 Å². The van der Waals surface area contributed by atoms with Gasteiger partial charge in [-0.1, -0.05) is 6.92 Å². The Morgan fingerprint density at radius 3 is 3.00 bits per heavy atom. The van der Waals surface area contributed by atoms with Crippen LogP contribution < -0.4 is 5.32 Å². The first kappa shape index (κ1) is 9.52. The second kappa shape index (κ2) is 4.45. The fraction of sp³-hybridized carbons (Fsp3) is 0.889. The van der Waals surface area contributed by atoms with Crippen LogP contribution in [0.3, 0.4) is 0 Å². The second-order valence-corrected chi connectivity index (χ2v) is 3.46. The minimum atomic E-state index is -0.101. The molecule has 0 spiro atoms. The van der Waals surface area contributed by atoms with Crippen LogP contribution in [0.2, 0.25) is 0 Å². The molecule has 1 N–H and O–H groups in total. The second-order valence-electron chi connectivity index (χ2n) is 3.46. The van der Waals surface area contributed by atoms with Gasteiger partial charge in [-0.05, 0) is 25.3 Å². The Balaban J connectivity index is 2.26. The van der Waals surface area contributed by atoms with Crippen molar-refractivity contribution in [2.24, 2.45) is 5.92 Å². The first-order valence-corrected chi connectivity index (χ1v) is 4.54. The number of hydrogen-bond acceptors (Lipinski definition) is 3. The van der Waals surface area contributed by atoms with Gasteiger partial charge in [0.05, 0.1) is 7.11 Å². The van der Waals surface area contributed by atoms with Crippen molar-refractivity contribution in [3.8, 4) is 0 Å². The summed E-state index contributed by atoms with van der Waals surface area (Å²) in [6.45, 7) is 3.19. The summed E-state index contributed by atoms with van der Waals surface area (Å²) in [6, 6.07) is 0.518. The third-order valence-electron chi connectivity index (χ3n) is 2.50. The summed E-state index contributed by atoms with van der Waals surface area (Å²) in [4.78, 5) is 10.9. The van der Waals surface area contributed by atoms with Gasteiger partial charge < -0.3 is 10.1 Å². The van der Waals surface area contributed by atoms with Crippen molar-refractivity contribution in [1.29, 1.82) is 0 Å². The molecule has 0 aromatic heterocycles. The lowest BCUT2D eigenvalue weighted by molar-refractivity contribution is -0.141. The molecule has 0 saturated carbocycles. The monoisotopic (exact) mass is 171 g/mol. The first-order chi connectivity index (χ1) is 5.74. The van der Waals surface area contributed by atoms with Crippen molar-refractivity contribution in [1.82, 2.24) is 5.32 Å². The van der Waals surface area contributed by atoms with Crippen LogP contribution in [0.15, 0.2) is 0 Å². The van der Waals surface area contributed by atoms with Gasteiger partial charge in [0.1, 0.15) is 0 Å². The highest BCUT2D eigenvalue weighted by Crippen LogP contribution is 2.17. The molecule has 1 fully saturated rings. The van der Waals surface area contributed by atoms with Gasteiger partial charge in [0.25, 0.3) is 0 Å². The van der Waals surface area contributed by atoms with Crippen LogP contribution in [0, 0.1) is 5.92 Å². The molecule has 1 heterocycles. The highest BCUT2D eigenvalue weighted by atomic mass is 16.5. The van der Waals surface area contributed by atoms with E-state index in [-0.39, 0.29) is 5.97 Å². The Morgan fingerprint density at radius 1 is 1.75 bits per heavy atom. The summed E-state index contributed by atoms with van der Waals surface area (Å²) in [7, 11) is 1.44. The molecule has 0 aromatic rings. The Hall–Kier alpha value is -0.570. The molecule has 3 heteroatoms. The largest absolute Gasteiger partial charge is 0.469 e. The molecule has 1 unspecified atom stereocenters. The summed E-state index contributed by atoms with van der Waals surface area (Å²) in [6.07, 6.45) is 2.96. The van der Waals surface area contributed by atoms with Gasteiger partial charge >= 0.3 is 5.97 Å². The molecule has 1 aliphatic heterocycles. The van der Waals surface area contributed by atoms with Crippen LogP contribution in [0.5, 0.6) is 0 Å². The van der Waals surface area contributed by atoms with Crippen molar-refractivity contribution in [2.45, 2.75) is 32.2 Å². The summed E-state index contributed by atoms with van der Waals surface area (Å²) in [5.74, 6) is 0.302. The van der Waals surface area contributed by atoms with Crippen LogP contribution in [0.1, 0.15) is 26.2 Å². The van der Waals surface area contributed by atoms with E-state index in [1.54, 1.807) is 0 Å². The van der Waals surface area contributed by atoms with Gasteiger partial charge in [0, 0.05) is 12.5 Å². The van der Waals surface area contributed by atoms with E-state index in [4.69, 9.17) is 0 Å². The maximum atomic E-state index is 10.9. The number of esters is 1. The molecule has 0 aromatic carbocycles. The number of carbonyl (C=O) groups excluding carboxylic acids is 1. The molecule has 0 radical (unpaired) electrons. The SMILES string of the molecule is COC(=O)CC(C)[C@@H]1CCCN1.